The second-order valence-corrected chi connectivity index (χ2v) is 6.51. The van der Waals surface area contributed by atoms with E-state index in [9.17, 15) is 4.79 Å². The minimum atomic E-state index is -0.0263. The zero-order chi connectivity index (χ0) is 15.3. The van der Waals surface area contributed by atoms with Crippen LogP contribution in [0.5, 0.6) is 0 Å². The summed E-state index contributed by atoms with van der Waals surface area (Å²) in [4.78, 5) is 14.1. The van der Waals surface area contributed by atoms with Crippen LogP contribution in [-0.4, -0.2) is 52.2 Å². The summed E-state index contributed by atoms with van der Waals surface area (Å²) in [5, 5.41) is 14.5. The fraction of sp³-hybridized carbons (Fsp3) is 0.667. The van der Waals surface area contributed by atoms with Crippen LogP contribution in [0, 0.1) is 0 Å². The molecular weight excluding hydrogens is 266 g/mol. The van der Waals surface area contributed by atoms with Crippen molar-refractivity contribution in [3.05, 3.63) is 18.3 Å². The number of carbonyl (C=O) groups is 1. The standard InChI is InChI=1S/C15H25N5O/c1-15(2,3)16-11-14(21)20-9-6-12(7-10-20)18-13-5-4-8-17-19-13/h4-5,8,12,16H,6-7,9-11H2,1-3H3,(H,18,19). The fourth-order valence-corrected chi connectivity index (χ4v) is 2.31. The molecule has 1 aromatic heterocycles. The van der Waals surface area contributed by atoms with Gasteiger partial charge in [-0.2, -0.15) is 5.10 Å². The predicted molar refractivity (Wildman–Crippen MR) is 83.0 cm³/mol. The van der Waals surface area contributed by atoms with Gasteiger partial charge in [-0.05, 0) is 45.7 Å². The van der Waals surface area contributed by atoms with Gasteiger partial charge in [-0.1, -0.05) is 0 Å². The number of likely N-dealkylation sites (tertiary alicyclic amines) is 1. The third-order valence-electron chi connectivity index (χ3n) is 3.54. The molecule has 21 heavy (non-hydrogen) atoms. The number of amides is 1. The summed E-state index contributed by atoms with van der Waals surface area (Å²) in [6.07, 6.45) is 3.55. The molecule has 1 aliphatic rings. The van der Waals surface area contributed by atoms with Crippen LogP contribution in [0.4, 0.5) is 5.82 Å². The predicted octanol–water partition coefficient (Wildman–Crippen LogP) is 1.27. The fourth-order valence-electron chi connectivity index (χ4n) is 2.31. The molecule has 0 saturated carbocycles. The zero-order valence-corrected chi connectivity index (χ0v) is 13.1. The lowest BCUT2D eigenvalue weighted by Gasteiger charge is -2.33. The van der Waals surface area contributed by atoms with E-state index >= 15 is 0 Å². The van der Waals surface area contributed by atoms with Crippen LogP contribution in [0.1, 0.15) is 33.6 Å². The minimum absolute atomic E-state index is 0.0263. The normalized spacial score (nSPS) is 16.8. The Morgan fingerprint density at radius 2 is 2.10 bits per heavy atom. The lowest BCUT2D eigenvalue weighted by atomic mass is 10.0. The number of hydrogen-bond donors (Lipinski definition) is 2. The maximum absolute atomic E-state index is 12.1. The second kappa shape index (κ2) is 6.85. The topological polar surface area (TPSA) is 70.2 Å². The molecule has 6 nitrogen and oxygen atoms in total. The van der Waals surface area contributed by atoms with Crippen molar-refractivity contribution in [2.45, 2.75) is 45.2 Å². The summed E-state index contributed by atoms with van der Waals surface area (Å²) >= 11 is 0. The van der Waals surface area contributed by atoms with Crippen molar-refractivity contribution in [1.82, 2.24) is 20.4 Å². The monoisotopic (exact) mass is 291 g/mol. The Balaban J connectivity index is 1.74. The molecule has 116 valence electrons. The Kier molecular flexibility index (Phi) is 5.12. The third-order valence-corrected chi connectivity index (χ3v) is 3.54. The SMILES string of the molecule is CC(C)(C)NCC(=O)N1CCC(Nc2cccnn2)CC1. The van der Waals surface area contributed by atoms with Crippen molar-refractivity contribution < 1.29 is 4.79 Å². The zero-order valence-electron chi connectivity index (χ0n) is 13.1. The molecule has 1 aliphatic heterocycles. The summed E-state index contributed by atoms with van der Waals surface area (Å²) < 4.78 is 0. The molecule has 6 heteroatoms. The van der Waals surface area contributed by atoms with Gasteiger partial charge < -0.3 is 15.5 Å². The molecule has 1 fully saturated rings. The largest absolute Gasteiger partial charge is 0.366 e. The summed E-state index contributed by atoms with van der Waals surface area (Å²) in [5.41, 5.74) is -0.0263. The number of nitrogens with zero attached hydrogens (tertiary/aromatic N) is 3. The van der Waals surface area contributed by atoms with Crippen molar-refractivity contribution in [3.8, 4) is 0 Å². The highest BCUT2D eigenvalue weighted by Crippen LogP contribution is 2.14. The average molecular weight is 291 g/mol. The van der Waals surface area contributed by atoms with E-state index in [2.05, 4.69) is 41.6 Å². The van der Waals surface area contributed by atoms with E-state index in [1.165, 1.54) is 0 Å². The number of piperidine rings is 1. The smallest absolute Gasteiger partial charge is 0.236 e. The molecule has 2 rings (SSSR count). The van der Waals surface area contributed by atoms with Gasteiger partial charge in [0.2, 0.25) is 5.91 Å². The number of aromatic nitrogens is 2. The summed E-state index contributed by atoms with van der Waals surface area (Å²) in [7, 11) is 0. The van der Waals surface area contributed by atoms with Crippen molar-refractivity contribution in [2.75, 3.05) is 25.0 Å². The van der Waals surface area contributed by atoms with Gasteiger partial charge in [0.25, 0.3) is 0 Å². The Bertz CT molecular complexity index is 449. The molecule has 0 aromatic carbocycles. The molecule has 1 aromatic rings. The highest BCUT2D eigenvalue weighted by molar-refractivity contribution is 5.78. The Morgan fingerprint density at radius 1 is 1.38 bits per heavy atom. The van der Waals surface area contributed by atoms with Gasteiger partial charge in [-0.15, -0.1) is 5.10 Å². The van der Waals surface area contributed by atoms with Crippen molar-refractivity contribution >= 4 is 11.7 Å². The van der Waals surface area contributed by atoms with E-state index in [-0.39, 0.29) is 11.4 Å². The van der Waals surface area contributed by atoms with Crippen molar-refractivity contribution in [1.29, 1.82) is 0 Å². The molecule has 0 aliphatic carbocycles. The molecule has 1 saturated heterocycles. The van der Waals surface area contributed by atoms with Crippen LogP contribution >= 0.6 is 0 Å². The van der Waals surface area contributed by atoms with Gasteiger partial charge >= 0.3 is 0 Å². The average Bonchev–Trinajstić information content (AvgIpc) is 2.46. The number of nitrogens with one attached hydrogen (secondary N) is 2. The Morgan fingerprint density at radius 3 is 2.67 bits per heavy atom. The maximum Gasteiger partial charge on any atom is 0.236 e. The first-order valence-electron chi connectivity index (χ1n) is 7.51. The van der Waals surface area contributed by atoms with Gasteiger partial charge in [0.1, 0.15) is 5.82 Å². The number of hydrogen-bond acceptors (Lipinski definition) is 5. The quantitative estimate of drug-likeness (QED) is 0.874. The molecule has 0 unspecified atom stereocenters. The minimum Gasteiger partial charge on any atom is -0.366 e. The Hall–Kier alpha value is -1.69. The summed E-state index contributed by atoms with van der Waals surface area (Å²) in [6.45, 7) is 8.20. The highest BCUT2D eigenvalue weighted by atomic mass is 16.2. The van der Waals surface area contributed by atoms with Crippen LogP contribution in [-0.2, 0) is 4.79 Å². The molecular formula is C15H25N5O. The number of anilines is 1. The van der Waals surface area contributed by atoms with E-state index in [1.54, 1.807) is 6.20 Å². The van der Waals surface area contributed by atoms with Crippen molar-refractivity contribution in [3.63, 3.8) is 0 Å². The Labute approximate surface area is 126 Å². The summed E-state index contributed by atoms with van der Waals surface area (Å²) in [5.74, 6) is 0.986. The van der Waals surface area contributed by atoms with E-state index in [0.29, 0.717) is 12.6 Å². The van der Waals surface area contributed by atoms with Crippen LogP contribution in [0.25, 0.3) is 0 Å². The second-order valence-electron chi connectivity index (χ2n) is 6.51. The number of carbonyl (C=O) groups excluding carboxylic acids is 1. The molecule has 2 N–H and O–H groups in total. The van der Waals surface area contributed by atoms with Gasteiger partial charge in [-0.25, -0.2) is 0 Å². The van der Waals surface area contributed by atoms with Crippen LogP contribution < -0.4 is 10.6 Å². The summed E-state index contributed by atoms with van der Waals surface area (Å²) in [6, 6.07) is 4.14. The van der Waals surface area contributed by atoms with E-state index in [4.69, 9.17) is 0 Å². The third kappa shape index (κ3) is 5.30. The van der Waals surface area contributed by atoms with Crippen molar-refractivity contribution in [2.24, 2.45) is 0 Å². The molecule has 1 amide bonds. The first-order valence-corrected chi connectivity index (χ1v) is 7.51. The van der Waals surface area contributed by atoms with E-state index < -0.39 is 0 Å². The molecule has 2 heterocycles. The first kappa shape index (κ1) is 15.7. The van der Waals surface area contributed by atoms with Crippen LogP contribution in [0.2, 0.25) is 0 Å². The van der Waals surface area contributed by atoms with E-state index in [1.807, 2.05) is 17.0 Å². The first-order chi connectivity index (χ1) is 9.94. The lowest BCUT2D eigenvalue weighted by molar-refractivity contribution is -0.131. The van der Waals surface area contributed by atoms with Gasteiger partial charge in [-0.3, -0.25) is 4.79 Å². The van der Waals surface area contributed by atoms with Gasteiger partial charge in [0.15, 0.2) is 0 Å². The van der Waals surface area contributed by atoms with Gasteiger partial charge in [0.05, 0.1) is 6.54 Å². The van der Waals surface area contributed by atoms with E-state index in [0.717, 1.165) is 31.7 Å². The van der Waals surface area contributed by atoms with Crippen LogP contribution in [0.3, 0.4) is 0 Å². The molecule has 0 spiro atoms. The molecule has 0 radical (unpaired) electrons. The lowest BCUT2D eigenvalue weighted by Crippen LogP contribution is -2.48. The van der Waals surface area contributed by atoms with Crippen LogP contribution in [0.15, 0.2) is 18.3 Å². The molecule has 0 atom stereocenters. The number of rotatable bonds is 4. The highest BCUT2D eigenvalue weighted by Gasteiger charge is 2.23. The maximum atomic E-state index is 12.1. The molecule has 0 bridgehead atoms. The van der Waals surface area contributed by atoms with Gasteiger partial charge in [0, 0.05) is 30.9 Å².